The third kappa shape index (κ3) is 4.47. The van der Waals surface area contributed by atoms with Crippen molar-refractivity contribution >= 4 is 12.0 Å². The highest BCUT2D eigenvalue weighted by Crippen LogP contribution is 2.21. The summed E-state index contributed by atoms with van der Waals surface area (Å²) in [6, 6.07) is 9.10. The average Bonchev–Trinajstić information content (AvgIpc) is 2.44. The highest BCUT2D eigenvalue weighted by molar-refractivity contribution is 5.98. The van der Waals surface area contributed by atoms with Crippen molar-refractivity contribution in [2.45, 2.75) is 20.3 Å². The van der Waals surface area contributed by atoms with Gasteiger partial charge in [-0.3, -0.25) is 0 Å². The van der Waals surface area contributed by atoms with Crippen LogP contribution in [-0.4, -0.2) is 19.2 Å². The largest absolute Gasteiger partial charge is 0.493 e. The third-order valence-corrected chi connectivity index (χ3v) is 2.30. The van der Waals surface area contributed by atoms with E-state index in [4.69, 9.17) is 14.7 Å². The Hall–Kier alpha value is -2.28. The van der Waals surface area contributed by atoms with E-state index in [0.717, 1.165) is 6.42 Å². The lowest BCUT2D eigenvalue weighted by molar-refractivity contribution is -0.138. The molecule has 0 unspecified atom stereocenters. The first-order valence-corrected chi connectivity index (χ1v) is 6.23. The van der Waals surface area contributed by atoms with Gasteiger partial charge < -0.3 is 9.47 Å². The van der Waals surface area contributed by atoms with Crippen LogP contribution in [0.2, 0.25) is 0 Å². The summed E-state index contributed by atoms with van der Waals surface area (Å²) in [6.07, 6.45) is 2.21. The number of nitriles is 1. The number of carbonyl (C=O) groups excluding carboxylic acids is 1. The maximum Gasteiger partial charge on any atom is 0.348 e. The lowest BCUT2D eigenvalue weighted by Crippen LogP contribution is -2.07. The smallest absolute Gasteiger partial charge is 0.348 e. The van der Waals surface area contributed by atoms with Crippen LogP contribution in [0.3, 0.4) is 0 Å². The molecular weight excluding hydrogens is 242 g/mol. The van der Waals surface area contributed by atoms with E-state index < -0.39 is 5.97 Å². The Morgan fingerprint density at radius 3 is 2.74 bits per heavy atom. The molecule has 1 aromatic carbocycles. The number of benzene rings is 1. The van der Waals surface area contributed by atoms with Crippen LogP contribution in [0.5, 0.6) is 5.75 Å². The molecule has 0 aromatic heterocycles. The molecule has 4 heteroatoms. The molecule has 0 heterocycles. The number of hydrogen-bond acceptors (Lipinski definition) is 4. The fourth-order valence-corrected chi connectivity index (χ4v) is 1.45. The Balaban J connectivity index is 2.98. The molecule has 0 saturated heterocycles. The zero-order chi connectivity index (χ0) is 14.1. The summed E-state index contributed by atoms with van der Waals surface area (Å²) in [7, 11) is 0. The zero-order valence-corrected chi connectivity index (χ0v) is 11.2. The van der Waals surface area contributed by atoms with Crippen LogP contribution in [0.15, 0.2) is 29.8 Å². The number of para-hydroxylation sites is 1. The van der Waals surface area contributed by atoms with Gasteiger partial charge in [-0.2, -0.15) is 5.26 Å². The van der Waals surface area contributed by atoms with Crippen molar-refractivity contribution in [1.29, 1.82) is 5.26 Å². The number of ether oxygens (including phenoxy) is 2. The lowest BCUT2D eigenvalue weighted by atomic mass is 10.1. The van der Waals surface area contributed by atoms with Gasteiger partial charge in [0.05, 0.1) is 13.2 Å². The summed E-state index contributed by atoms with van der Waals surface area (Å²) in [4.78, 5) is 11.7. The van der Waals surface area contributed by atoms with Crippen molar-refractivity contribution in [3.8, 4) is 11.8 Å². The van der Waals surface area contributed by atoms with Gasteiger partial charge in [0.2, 0.25) is 0 Å². The van der Waals surface area contributed by atoms with Gasteiger partial charge in [-0.05, 0) is 25.5 Å². The molecule has 0 saturated carbocycles. The molecule has 0 aliphatic rings. The van der Waals surface area contributed by atoms with Crippen LogP contribution >= 0.6 is 0 Å². The van der Waals surface area contributed by atoms with Crippen LogP contribution in [-0.2, 0) is 9.53 Å². The molecule has 1 aromatic rings. The Bertz CT molecular complexity index is 500. The summed E-state index contributed by atoms with van der Waals surface area (Å²) < 4.78 is 10.4. The Morgan fingerprint density at radius 1 is 1.37 bits per heavy atom. The fourth-order valence-electron chi connectivity index (χ4n) is 1.45. The van der Waals surface area contributed by atoms with E-state index >= 15 is 0 Å². The molecule has 0 fully saturated rings. The van der Waals surface area contributed by atoms with Crippen LogP contribution in [0, 0.1) is 11.3 Å². The van der Waals surface area contributed by atoms with E-state index in [0.29, 0.717) is 24.5 Å². The highest BCUT2D eigenvalue weighted by Gasteiger charge is 2.11. The summed E-state index contributed by atoms with van der Waals surface area (Å²) in [6.45, 7) is 4.60. The predicted octanol–water partition coefficient (Wildman–Crippen LogP) is 2.95. The number of carbonyl (C=O) groups is 1. The Kier molecular flexibility index (Phi) is 6.17. The molecule has 4 nitrogen and oxygen atoms in total. The van der Waals surface area contributed by atoms with Crippen molar-refractivity contribution in [3.05, 3.63) is 35.4 Å². The maximum absolute atomic E-state index is 11.7. The minimum absolute atomic E-state index is 0.0272. The number of nitrogens with zero attached hydrogens (tertiary/aromatic N) is 1. The second kappa shape index (κ2) is 7.93. The summed E-state index contributed by atoms with van der Waals surface area (Å²) >= 11 is 0. The number of esters is 1. The second-order valence-corrected chi connectivity index (χ2v) is 3.78. The first kappa shape index (κ1) is 14.8. The molecule has 100 valence electrons. The Morgan fingerprint density at radius 2 is 2.11 bits per heavy atom. The van der Waals surface area contributed by atoms with Gasteiger partial charge in [0, 0.05) is 5.56 Å². The number of rotatable bonds is 6. The standard InChI is InChI=1S/C15H17NO3/c1-3-9-19-15(17)13(11-16)10-12-7-5-6-8-14(12)18-4-2/h5-8,10H,3-4,9H2,1-2H3/b13-10+. The van der Waals surface area contributed by atoms with Crippen molar-refractivity contribution in [2.75, 3.05) is 13.2 Å². The van der Waals surface area contributed by atoms with Crippen molar-refractivity contribution < 1.29 is 14.3 Å². The topological polar surface area (TPSA) is 59.3 Å². The van der Waals surface area contributed by atoms with Gasteiger partial charge in [0.1, 0.15) is 17.4 Å². The maximum atomic E-state index is 11.7. The van der Waals surface area contributed by atoms with E-state index in [1.807, 2.05) is 32.0 Å². The molecule has 0 atom stereocenters. The third-order valence-electron chi connectivity index (χ3n) is 2.30. The monoisotopic (exact) mass is 259 g/mol. The fraction of sp³-hybridized carbons (Fsp3) is 0.333. The van der Waals surface area contributed by atoms with Crippen molar-refractivity contribution in [1.82, 2.24) is 0 Å². The normalized spacial score (nSPS) is 10.7. The van der Waals surface area contributed by atoms with Gasteiger partial charge >= 0.3 is 5.97 Å². The molecule has 0 spiro atoms. The van der Waals surface area contributed by atoms with Gasteiger partial charge in [0.15, 0.2) is 0 Å². The first-order chi connectivity index (χ1) is 9.22. The molecule has 0 aliphatic carbocycles. The van der Waals surface area contributed by atoms with Gasteiger partial charge in [-0.25, -0.2) is 4.79 Å². The molecule has 0 N–H and O–H groups in total. The molecule has 0 radical (unpaired) electrons. The quantitative estimate of drug-likeness (QED) is 0.447. The van der Waals surface area contributed by atoms with Crippen LogP contribution in [0.25, 0.3) is 6.08 Å². The zero-order valence-electron chi connectivity index (χ0n) is 11.2. The summed E-state index contributed by atoms with van der Waals surface area (Å²) in [5.74, 6) is 0.0386. The second-order valence-electron chi connectivity index (χ2n) is 3.78. The average molecular weight is 259 g/mol. The molecule has 0 bridgehead atoms. The van der Waals surface area contributed by atoms with E-state index in [1.54, 1.807) is 12.1 Å². The Labute approximate surface area is 113 Å². The first-order valence-electron chi connectivity index (χ1n) is 6.23. The van der Waals surface area contributed by atoms with E-state index in [9.17, 15) is 4.79 Å². The summed E-state index contributed by atoms with van der Waals surface area (Å²) in [5.41, 5.74) is 0.662. The van der Waals surface area contributed by atoms with E-state index in [1.165, 1.54) is 6.08 Å². The SMILES string of the molecule is CCCOC(=O)/C(C#N)=C/c1ccccc1OCC. The van der Waals surface area contributed by atoms with Crippen LogP contribution in [0.1, 0.15) is 25.8 Å². The summed E-state index contributed by atoms with van der Waals surface area (Å²) in [5, 5.41) is 9.02. The van der Waals surface area contributed by atoms with Crippen LogP contribution in [0.4, 0.5) is 0 Å². The van der Waals surface area contributed by atoms with Crippen molar-refractivity contribution in [3.63, 3.8) is 0 Å². The van der Waals surface area contributed by atoms with Gasteiger partial charge in [0.25, 0.3) is 0 Å². The molecule has 0 aliphatic heterocycles. The van der Waals surface area contributed by atoms with Gasteiger partial charge in [-0.15, -0.1) is 0 Å². The minimum atomic E-state index is -0.601. The minimum Gasteiger partial charge on any atom is -0.493 e. The highest BCUT2D eigenvalue weighted by atomic mass is 16.5. The molecular formula is C15H17NO3. The van der Waals surface area contributed by atoms with Crippen molar-refractivity contribution in [2.24, 2.45) is 0 Å². The molecule has 1 rings (SSSR count). The molecule has 0 amide bonds. The number of hydrogen-bond donors (Lipinski definition) is 0. The van der Waals surface area contributed by atoms with E-state index in [-0.39, 0.29) is 5.57 Å². The predicted molar refractivity (Wildman–Crippen MR) is 72.5 cm³/mol. The molecule has 19 heavy (non-hydrogen) atoms. The lowest BCUT2D eigenvalue weighted by Gasteiger charge is -2.07. The van der Waals surface area contributed by atoms with E-state index in [2.05, 4.69) is 0 Å². The van der Waals surface area contributed by atoms with Gasteiger partial charge in [-0.1, -0.05) is 25.1 Å². The van der Waals surface area contributed by atoms with Crippen LogP contribution < -0.4 is 4.74 Å².